The van der Waals surface area contributed by atoms with E-state index in [-0.39, 0.29) is 6.42 Å². The second-order valence-corrected chi connectivity index (χ2v) is 8.25. The molecule has 0 aromatic heterocycles. The molecule has 1 unspecified atom stereocenters. The van der Waals surface area contributed by atoms with Crippen LogP contribution in [0.3, 0.4) is 0 Å². The Balaban J connectivity index is 1.63. The van der Waals surface area contributed by atoms with Crippen LogP contribution in [0, 0.1) is 17.8 Å². The first-order valence-corrected chi connectivity index (χ1v) is 10.5. The fourth-order valence-electron chi connectivity index (χ4n) is 4.67. The third kappa shape index (κ3) is 5.35. The number of rotatable bonds is 6. The van der Waals surface area contributed by atoms with Crippen molar-refractivity contribution < 1.29 is 23.1 Å². The number of alkyl halides is 2. The van der Waals surface area contributed by atoms with Crippen LogP contribution in [-0.4, -0.2) is 16.9 Å². The third-order valence-corrected chi connectivity index (χ3v) is 6.34. The van der Waals surface area contributed by atoms with Gasteiger partial charge in [0, 0.05) is 12.6 Å². The van der Waals surface area contributed by atoms with Gasteiger partial charge in [-0.05, 0) is 66.7 Å². The molecule has 0 bridgehead atoms. The van der Waals surface area contributed by atoms with Crippen LogP contribution in [0.15, 0.2) is 58.9 Å². The average Bonchev–Trinajstić information content (AvgIpc) is 2.69. The number of hydrogen-bond donors (Lipinski definition) is 1. The van der Waals surface area contributed by atoms with Crippen LogP contribution < -0.4 is 0 Å². The summed E-state index contributed by atoms with van der Waals surface area (Å²) in [5, 5.41) is 11.5. The van der Waals surface area contributed by atoms with Gasteiger partial charge in [-0.15, -0.1) is 0 Å². The van der Waals surface area contributed by atoms with Crippen LogP contribution in [0.5, 0.6) is 0 Å². The molecule has 1 N–H and O–H groups in total. The Morgan fingerprint density at radius 3 is 2.45 bits per heavy atom. The van der Waals surface area contributed by atoms with Crippen molar-refractivity contribution in [3.63, 3.8) is 0 Å². The van der Waals surface area contributed by atoms with Crippen molar-refractivity contribution in [1.82, 2.24) is 5.06 Å². The van der Waals surface area contributed by atoms with E-state index in [0.29, 0.717) is 17.2 Å². The molecule has 3 nitrogen and oxygen atoms in total. The second kappa shape index (κ2) is 9.70. The highest BCUT2D eigenvalue weighted by molar-refractivity contribution is 5.45. The Kier molecular flexibility index (Phi) is 7.28. The molecule has 1 atom stereocenters. The minimum absolute atomic E-state index is 0.196. The molecule has 0 amide bonds. The maximum absolute atomic E-state index is 14.1. The van der Waals surface area contributed by atoms with Gasteiger partial charge in [-0.2, -0.15) is 8.78 Å². The molecule has 0 radical (unpaired) electrons. The molecule has 0 aromatic carbocycles. The van der Waals surface area contributed by atoms with Crippen molar-refractivity contribution in [2.75, 3.05) is 0 Å². The number of ether oxygens (including phenoxy) is 1. The summed E-state index contributed by atoms with van der Waals surface area (Å²) in [6.45, 7) is 1.52. The summed E-state index contributed by atoms with van der Waals surface area (Å²) in [5.41, 5.74) is 2.03. The Hall–Kier alpha value is -1.95. The van der Waals surface area contributed by atoms with E-state index in [0.717, 1.165) is 35.3 Å². The first-order chi connectivity index (χ1) is 13.9. The summed E-state index contributed by atoms with van der Waals surface area (Å²) in [5.74, 6) is 0.740. The van der Waals surface area contributed by atoms with E-state index in [1.165, 1.54) is 37.8 Å². The summed E-state index contributed by atoms with van der Waals surface area (Å²) >= 11 is 0. The molecule has 0 aromatic rings. The molecule has 6 heteroatoms. The number of halogens is 3. The summed E-state index contributed by atoms with van der Waals surface area (Å²) in [7, 11) is 0. The van der Waals surface area contributed by atoms with Gasteiger partial charge in [0.05, 0.1) is 5.70 Å². The van der Waals surface area contributed by atoms with Crippen LogP contribution in [0.4, 0.5) is 13.2 Å². The zero-order chi connectivity index (χ0) is 21.0. The quantitative estimate of drug-likeness (QED) is 0.512. The summed E-state index contributed by atoms with van der Waals surface area (Å²) in [4.78, 5) is 0. The van der Waals surface area contributed by atoms with Gasteiger partial charge in [-0.3, -0.25) is 5.21 Å². The molecule has 1 heterocycles. The Morgan fingerprint density at radius 2 is 1.86 bits per heavy atom. The molecule has 0 saturated heterocycles. The fourth-order valence-corrected chi connectivity index (χ4v) is 4.67. The molecule has 29 heavy (non-hydrogen) atoms. The van der Waals surface area contributed by atoms with Gasteiger partial charge in [0.1, 0.15) is 5.83 Å². The van der Waals surface area contributed by atoms with Crippen LogP contribution >= 0.6 is 0 Å². The molecule has 1 fully saturated rings. The van der Waals surface area contributed by atoms with Gasteiger partial charge < -0.3 is 4.74 Å². The molecular formula is C23H30F3NO2. The lowest BCUT2D eigenvalue weighted by molar-refractivity contribution is -0.0944. The van der Waals surface area contributed by atoms with E-state index in [1.807, 2.05) is 6.08 Å². The van der Waals surface area contributed by atoms with E-state index in [9.17, 15) is 18.4 Å². The number of hydrogen-bond acceptors (Lipinski definition) is 3. The van der Waals surface area contributed by atoms with Gasteiger partial charge in [-0.1, -0.05) is 38.8 Å². The number of hydroxylamine groups is 2. The van der Waals surface area contributed by atoms with Gasteiger partial charge in [0.25, 0.3) is 0 Å². The van der Waals surface area contributed by atoms with Gasteiger partial charge in [0.15, 0.2) is 5.76 Å². The maximum atomic E-state index is 14.1. The number of nitrogens with zero attached hydrogens (tertiary/aromatic N) is 1. The summed E-state index contributed by atoms with van der Waals surface area (Å²) in [6, 6.07) is 0. The van der Waals surface area contributed by atoms with Crippen molar-refractivity contribution in [3.05, 3.63) is 58.9 Å². The van der Waals surface area contributed by atoms with Crippen LogP contribution in [0.25, 0.3) is 0 Å². The Bertz CT molecular complexity index is 743. The van der Waals surface area contributed by atoms with Crippen molar-refractivity contribution in [2.24, 2.45) is 17.8 Å². The minimum atomic E-state index is -3.07. The van der Waals surface area contributed by atoms with Crippen LogP contribution in [0.2, 0.25) is 0 Å². The van der Waals surface area contributed by atoms with E-state index in [2.05, 4.69) is 18.6 Å². The smallest absolute Gasteiger partial charge is 0.387 e. The van der Waals surface area contributed by atoms with Crippen molar-refractivity contribution in [2.45, 2.75) is 65.4 Å². The molecule has 0 spiro atoms. The van der Waals surface area contributed by atoms with E-state index < -0.39 is 18.2 Å². The largest absolute Gasteiger partial charge is 0.432 e. The molecule has 160 valence electrons. The SMILES string of the molecule is CCCC(C)C1CCC(C2=CN(O)C(=C3C=CC(OC(F)F)=C(F)C3)C=C2)CC1. The topological polar surface area (TPSA) is 32.7 Å². The highest BCUT2D eigenvalue weighted by Gasteiger charge is 2.28. The normalized spacial score (nSPS) is 28.8. The van der Waals surface area contributed by atoms with Gasteiger partial charge in [-0.25, -0.2) is 9.45 Å². The first kappa shape index (κ1) is 21.8. The first-order valence-electron chi connectivity index (χ1n) is 10.5. The summed E-state index contributed by atoms with van der Waals surface area (Å²) in [6.07, 6.45) is 15.1. The molecule has 2 aliphatic carbocycles. The second-order valence-electron chi connectivity index (χ2n) is 8.25. The Morgan fingerprint density at radius 1 is 1.14 bits per heavy atom. The van der Waals surface area contributed by atoms with Crippen molar-refractivity contribution >= 4 is 0 Å². The van der Waals surface area contributed by atoms with Crippen LogP contribution in [0.1, 0.15) is 58.8 Å². The lowest BCUT2D eigenvalue weighted by atomic mass is 9.73. The highest BCUT2D eigenvalue weighted by atomic mass is 19.3. The highest BCUT2D eigenvalue weighted by Crippen LogP contribution is 2.40. The lowest BCUT2D eigenvalue weighted by Gasteiger charge is -2.34. The van der Waals surface area contributed by atoms with E-state index in [1.54, 1.807) is 12.3 Å². The molecular weight excluding hydrogens is 379 g/mol. The predicted octanol–water partition coefficient (Wildman–Crippen LogP) is 7.01. The number of allylic oxidation sites excluding steroid dienone is 7. The maximum Gasteiger partial charge on any atom is 0.387 e. The third-order valence-electron chi connectivity index (χ3n) is 6.34. The molecule has 1 saturated carbocycles. The molecule has 3 rings (SSSR count). The zero-order valence-corrected chi connectivity index (χ0v) is 17.1. The van der Waals surface area contributed by atoms with Crippen molar-refractivity contribution in [1.29, 1.82) is 0 Å². The molecule has 1 aliphatic heterocycles. The van der Waals surface area contributed by atoms with E-state index >= 15 is 0 Å². The van der Waals surface area contributed by atoms with Crippen LogP contribution in [-0.2, 0) is 4.74 Å². The van der Waals surface area contributed by atoms with Gasteiger partial charge in [0.2, 0.25) is 0 Å². The standard InChI is InChI=1S/C23H30F3NO2/c1-3-4-15(2)16-5-7-17(8-6-16)19-9-11-21(27(28)14-19)18-10-12-22(20(24)13-18)29-23(25)26/h9-12,14-17,23,28H,3-8,13H2,1-2H3. The molecule has 3 aliphatic rings. The summed E-state index contributed by atoms with van der Waals surface area (Å²) < 4.78 is 42.8. The average molecular weight is 409 g/mol. The fraction of sp³-hybridized carbons (Fsp3) is 0.565. The van der Waals surface area contributed by atoms with E-state index in [4.69, 9.17) is 0 Å². The monoisotopic (exact) mass is 409 g/mol. The lowest BCUT2D eigenvalue weighted by Crippen LogP contribution is -2.23. The zero-order valence-electron chi connectivity index (χ0n) is 17.1. The van der Waals surface area contributed by atoms with Crippen molar-refractivity contribution in [3.8, 4) is 0 Å². The Labute approximate surface area is 170 Å². The minimum Gasteiger partial charge on any atom is -0.432 e. The predicted molar refractivity (Wildman–Crippen MR) is 106 cm³/mol. The van der Waals surface area contributed by atoms with Gasteiger partial charge >= 0.3 is 6.61 Å².